The Morgan fingerprint density at radius 2 is 2.10 bits per heavy atom. The fraction of sp³-hybridized carbons (Fsp3) is 0.375. The zero-order chi connectivity index (χ0) is 15.4. The Bertz CT molecular complexity index is 576. The Morgan fingerprint density at radius 3 is 2.62 bits per heavy atom. The summed E-state index contributed by atoms with van der Waals surface area (Å²) in [6.07, 6.45) is 4.57. The highest BCUT2D eigenvalue weighted by atomic mass is 16.4. The Kier molecular flexibility index (Phi) is 4.75. The Labute approximate surface area is 123 Å². The lowest BCUT2D eigenvalue weighted by atomic mass is 10.0. The quantitative estimate of drug-likeness (QED) is 0.781. The fourth-order valence-electron chi connectivity index (χ4n) is 2.27. The second kappa shape index (κ2) is 6.54. The van der Waals surface area contributed by atoms with Gasteiger partial charge in [0.05, 0.1) is 6.61 Å². The van der Waals surface area contributed by atoms with Crippen molar-refractivity contribution in [2.75, 3.05) is 13.2 Å². The number of aliphatic hydroxyl groups excluding tert-OH is 1. The number of nitrogens with zero attached hydrogens (tertiary/aromatic N) is 1. The third-order valence-electron chi connectivity index (χ3n) is 3.51. The number of amides is 1. The first-order chi connectivity index (χ1) is 10.0. The van der Waals surface area contributed by atoms with Crippen LogP contribution in [0.2, 0.25) is 0 Å². The van der Waals surface area contributed by atoms with Crippen LogP contribution in [-0.2, 0) is 4.79 Å². The minimum Gasteiger partial charge on any atom is -0.478 e. The van der Waals surface area contributed by atoms with Gasteiger partial charge < -0.3 is 15.1 Å². The maximum Gasteiger partial charge on any atom is 0.328 e. The molecule has 5 heteroatoms. The van der Waals surface area contributed by atoms with E-state index in [9.17, 15) is 9.59 Å². The summed E-state index contributed by atoms with van der Waals surface area (Å²) in [6.45, 7) is 2.15. The van der Waals surface area contributed by atoms with Gasteiger partial charge in [-0.3, -0.25) is 4.79 Å². The molecule has 1 saturated carbocycles. The van der Waals surface area contributed by atoms with E-state index in [0.717, 1.165) is 30.0 Å². The van der Waals surface area contributed by atoms with Crippen molar-refractivity contribution < 1.29 is 19.8 Å². The number of aliphatic hydroxyl groups is 1. The van der Waals surface area contributed by atoms with Crippen LogP contribution in [0.3, 0.4) is 0 Å². The molecular weight excluding hydrogens is 270 g/mol. The number of hydrogen-bond donors (Lipinski definition) is 2. The van der Waals surface area contributed by atoms with Crippen LogP contribution in [0.5, 0.6) is 0 Å². The smallest absolute Gasteiger partial charge is 0.328 e. The number of carbonyl (C=O) groups excluding carboxylic acids is 1. The first-order valence-corrected chi connectivity index (χ1v) is 6.96. The van der Waals surface area contributed by atoms with Crippen molar-refractivity contribution in [3.63, 3.8) is 0 Å². The molecule has 1 amide bonds. The topological polar surface area (TPSA) is 77.8 Å². The molecule has 5 nitrogen and oxygen atoms in total. The lowest BCUT2D eigenvalue weighted by Crippen LogP contribution is -2.35. The van der Waals surface area contributed by atoms with Crippen molar-refractivity contribution in [3.8, 4) is 0 Å². The molecule has 1 aliphatic rings. The predicted octanol–water partition coefficient (Wildman–Crippen LogP) is 1.69. The van der Waals surface area contributed by atoms with Gasteiger partial charge in [-0.15, -0.1) is 0 Å². The zero-order valence-corrected chi connectivity index (χ0v) is 12.0. The molecule has 0 aromatic heterocycles. The third kappa shape index (κ3) is 3.92. The highest BCUT2D eigenvalue weighted by Crippen LogP contribution is 2.28. The van der Waals surface area contributed by atoms with Crippen molar-refractivity contribution in [2.45, 2.75) is 25.8 Å². The second-order valence-electron chi connectivity index (χ2n) is 5.20. The first kappa shape index (κ1) is 15.3. The molecule has 2 rings (SSSR count). The van der Waals surface area contributed by atoms with Gasteiger partial charge in [0.15, 0.2) is 0 Å². The lowest BCUT2D eigenvalue weighted by Gasteiger charge is -2.21. The van der Waals surface area contributed by atoms with Crippen LogP contribution >= 0.6 is 0 Å². The number of rotatable bonds is 6. The van der Waals surface area contributed by atoms with E-state index in [2.05, 4.69) is 0 Å². The SMILES string of the molecule is Cc1cc(C(=O)N(CCO)C2CC2)ccc1/C=C/C(=O)O. The average molecular weight is 289 g/mol. The second-order valence-corrected chi connectivity index (χ2v) is 5.20. The number of carboxylic acid groups (broad SMARTS) is 1. The summed E-state index contributed by atoms with van der Waals surface area (Å²) in [5.74, 6) is -1.08. The van der Waals surface area contributed by atoms with Crippen LogP contribution in [0.4, 0.5) is 0 Å². The van der Waals surface area contributed by atoms with E-state index in [1.54, 1.807) is 23.1 Å². The molecule has 0 bridgehead atoms. The number of hydrogen-bond acceptors (Lipinski definition) is 3. The van der Waals surface area contributed by atoms with E-state index in [0.29, 0.717) is 12.1 Å². The Hall–Kier alpha value is -2.14. The molecule has 21 heavy (non-hydrogen) atoms. The van der Waals surface area contributed by atoms with Crippen molar-refractivity contribution in [1.29, 1.82) is 0 Å². The number of carbonyl (C=O) groups is 2. The van der Waals surface area contributed by atoms with Crippen LogP contribution in [0, 0.1) is 6.92 Å². The van der Waals surface area contributed by atoms with Crippen LogP contribution in [-0.4, -0.2) is 46.2 Å². The highest BCUT2D eigenvalue weighted by molar-refractivity contribution is 5.95. The summed E-state index contributed by atoms with van der Waals surface area (Å²) in [6, 6.07) is 5.45. The minimum atomic E-state index is -1.00. The molecule has 112 valence electrons. The van der Waals surface area contributed by atoms with Gasteiger partial charge in [0.25, 0.3) is 5.91 Å². The van der Waals surface area contributed by atoms with E-state index >= 15 is 0 Å². The molecule has 0 radical (unpaired) electrons. The van der Waals surface area contributed by atoms with Crippen molar-refractivity contribution in [3.05, 3.63) is 41.0 Å². The number of carboxylic acids is 1. The first-order valence-electron chi connectivity index (χ1n) is 6.96. The van der Waals surface area contributed by atoms with Crippen molar-refractivity contribution in [2.24, 2.45) is 0 Å². The fourth-order valence-corrected chi connectivity index (χ4v) is 2.27. The molecule has 0 aliphatic heterocycles. The summed E-state index contributed by atoms with van der Waals surface area (Å²) >= 11 is 0. The lowest BCUT2D eigenvalue weighted by molar-refractivity contribution is -0.131. The van der Waals surface area contributed by atoms with E-state index in [1.165, 1.54) is 6.08 Å². The molecule has 0 spiro atoms. The zero-order valence-electron chi connectivity index (χ0n) is 12.0. The monoisotopic (exact) mass is 289 g/mol. The van der Waals surface area contributed by atoms with Gasteiger partial charge in [0, 0.05) is 24.2 Å². The molecule has 2 N–H and O–H groups in total. The summed E-state index contributed by atoms with van der Waals surface area (Å²) in [5.41, 5.74) is 2.19. The van der Waals surface area contributed by atoms with Gasteiger partial charge >= 0.3 is 5.97 Å². The maximum atomic E-state index is 12.4. The summed E-state index contributed by atoms with van der Waals surface area (Å²) in [4.78, 5) is 24.7. The molecule has 0 atom stereocenters. The average Bonchev–Trinajstić information content (AvgIpc) is 3.27. The Morgan fingerprint density at radius 1 is 1.38 bits per heavy atom. The third-order valence-corrected chi connectivity index (χ3v) is 3.51. The summed E-state index contributed by atoms with van der Waals surface area (Å²) < 4.78 is 0. The molecule has 1 aromatic carbocycles. The van der Waals surface area contributed by atoms with Crippen LogP contribution in [0.1, 0.15) is 34.3 Å². The minimum absolute atomic E-state index is 0.0410. The number of aryl methyl sites for hydroxylation is 1. The van der Waals surface area contributed by atoms with Gasteiger partial charge in [-0.2, -0.15) is 0 Å². The molecule has 1 aliphatic carbocycles. The van der Waals surface area contributed by atoms with Crippen LogP contribution in [0.15, 0.2) is 24.3 Å². The van der Waals surface area contributed by atoms with Crippen molar-refractivity contribution >= 4 is 18.0 Å². The highest BCUT2D eigenvalue weighted by Gasteiger charge is 2.32. The molecule has 0 unspecified atom stereocenters. The molecule has 0 saturated heterocycles. The molecule has 0 heterocycles. The van der Waals surface area contributed by atoms with E-state index in [-0.39, 0.29) is 18.6 Å². The molecule has 1 fully saturated rings. The van der Waals surface area contributed by atoms with E-state index in [4.69, 9.17) is 10.2 Å². The standard InChI is InChI=1S/C16H19NO4/c1-11-10-13(3-2-12(11)4-7-15(19)20)16(21)17(8-9-18)14-5-6-14/h2-4,7,10,14,18H,5-6,8-9H2,1H3,(H,19,20)/b7-4+. The van der Waals surface area contributed by atoms with Crippen molar-refractivity contribution in [1.82, 2.24) is 4.90 Å². The van der Waals surface area contributed by atoms with Gasteiger partial charge in [-0.05, 0) is 49.1 Å². The van der Waals surface area contributed by atoms with Crippen LogP contribution < -0.4 is 0 Å². The summed E-state index contributed by atoms with van der Waals surface area (Å²) in [5, 5.41) is 17.7. The van der Waals surface area contributed by atoms with Gasteiger partial charge in [0.2, 0.25) is 0 Å². The molecule has 1 aromatic rings. The predicted molar refractivity (Wildman–Crippen MR) is 79.0 cm³/mol. The summed E-state index contributed by atoms with van der Waals surface area (Å²) in [7, 11) is 0. The van der Waals surface area contributed by atoms with Gasteiger partial charge in [0.1, 0.15) is 0 Å². The Balaban J connectivity index is 2.18. The van der Waals surface area contributed by atoms with E-state index < -0.39 is 5.97 Å². The normalized spacial score (nSPS) is 14.4. The number of aliphatic carboxylic acids is 1. The maximum absolute atomic E-state index is 12.4. The number of benzene rings is 1. The largest absolute Gasteiger partial charge is 0.478 e. The van der Waals surface area contributed by atoms with Crippen LogP contribution in [0.25, 0.3) is 6.08 Å². The van der Waals surface area contributed by atoms with E-state index in [1.807, 2.05) is 6.92 Å². The molecular formula is C16H19NO4. The van der Waals surface area contributed by atoms with Gasteiger partial charge in [-0.1, -0.05) is 6.07 Å². The van der Waals surface area contributed by atoms with Gasteiger partial charge in [-0.25, -0.2) is 4.79 Å².